The van der Waals surface area contributed by atoms with E-state index in [2.05, 4.69) is 12.2 Å². The topological polar surface area (TPSA) is 94.6 Å². The zero-order valence-electron chi connectivity index (χ0n) is 15.4. The molecular weight excluding hydrogens is 348 g/mol. The van der Waals surface area contributed by atoms with Crippen molar-refractivity contribution in [2.24, 2.45) is 0 Å². The molecule has 0 saturated heterocycles. The monoisotopic (exact) mass is 368 g/mol. The van der Waals surface area contributed by atoms with E-state index in [0.29, 0.717) is 23.5 Å². The van der Waals surface area contributed by atoms with E-state index in [1.54, 1.807) is 19.9 Å². The van der Waals surface area contributed by atoms with Crippen LogP contribution in [0.5, 0.6) is 5.75 Å². The second-order valence-corrected chi connectivity index (χ2v) is 6.06. The maximum atomic E-state index is 12.7. The quantitative estimate of drug-likeness (QED) is 0.495. The SMILES string of the molecule is CCOc1ccc(NC(=O)c2oc3ccc(CC)cc3c2C)c([N+](=O)[O-])c1. The van der Waals surface area contributed by atoms with E-state index >= 15 is 0 Å². The van der Waals surface area contributed by atoms with Gasteiger partial charge in [-0.15, -0.1) is 0 Å². The van der Waals surface area contributed by atoms with Crippen LogP contribution in [-0.2, 0) is 6.42 Å². The molecule has 0 atom stereocenters. The van der Waals surface area contributed by atoms with Crippen molar-refractivity contribution < 1.29 is 18.9 Å². The van der Waals surface area contributed by atoms with Crippen LogP contribution in [0.25, 0.3) is 11.0 Å². The summed E-state index contributed by atoms with van der Waals surface area (Å²) in [5.41, 5.74) is 2.29. The van der Waals surface area contributed by atoms with Gasteiger partial charge in [0.25, 0.3) is 11.6 Å². The summed E-state index contributed by atoms with van der Waals surface area (Å²) in [4.78, 5) is 23.5. The second-order valence-electron chi connectivity index (χ2n) is 6.06. The van der Waals surface area contributed by atoms with Crippen molar-refractivity contribution in [3.8, 4) is 5.75 Å². The standard InChI is InChI=1S/C20H20N2O5/c1-4-13-6-9-18-15(10-13)12(3)19(27-18)20(23)21-16-8-7-14(26-5-2)11-17(16)22(24)25/h6-11H,4-5H2,1-3H3,(H,21,23). The summed E-state index contributed by atoms with van der Waals surface area (Å²) in [5, 5.41) is 14.8. The Labute approximate surface area is 156 Å². The van der Waals surface area contributed by atoms with Gasteiger partial charge in [-0.25, -0.2) is 0 Å². The molecule has 1 heterocycles. The molecular formula is C20H20N2O5. The lowest BCUT2D eigenvalue weighted by atomic mass is 10.1. The normalized spacial score (nSPS) is 10.8. The van der Waals surface area contributed by atoms with Crippen LogP contribution in [0.2, 0.25) is 0 Å². The fourth-order valence-corrected chi connectivity index (χ4v) is 2.91. The number of aryl methyl sites for hydroxylation is 2. The highest BCUT2D eigenvalue weighted by atomic mass is 16.6. The molecule has 1 amide bonds. The van der Waals surface area contributed by atoms with Crippen LogP contribution in [0.1, 0.15) is 35.5 Å². The number of nitrogens with zero attached hydrogens (tertiary/aromatic N) is 1. The van der Waals surface area contributed by atoms with Crippen LogP contribution < -0.4 is 10.1 Å². The minimum Gasteiger partial charge on any atom is -0.494 e. The molecule has 0 unspecified atom stereocenters. The number of rotatable bonds is 6. The Bertz CT molecular complexity index is 1020. The highest BCUT2D eigenvalue weighted by Crippen LogP contribution is 2.31. The molecule has 2 aromatic carbocycles. The third kappa shape index (κ3) is 3.62. The van der Waals surface area contributed by atoms with Crippen molar-refractivity contribution in [1.82, 2.24) is 0 Å². The van der Waals surface area contributed by atoms with Crippen LogP contribution in [0.3, 0.4) is 0 Å². The molecule has 0 bridgehead atoms. The molecule has 140 valence electrons. The fraction of sp³-hybridized carbons (Fsp3) is 0.250. The van der Waals surface area contributed by atoms with Crippen molar-refractivity contribution in [1.29, 1.82) is 0 Å². The minimum atomic E-state index is -0.558. The van der Waals surface area contributed by atoms with Crippen LogP contribution in [0, 0.1) is 17.0 Å². The number of amides is 1. The predicted molar refractivity (Wildman–Crippen MR) is 103 cm³/mol. The first-order valence-electron chi connectivity index (χ1n) is 8.69. The van der Waals surface area contributed by atoms with Gasteiger partial charge in [0.1, 0.15) is 17.0 Å². The molecule has 7 heteroatoms. The molecule has 7 nitrogen and oxygen atoms in total. The second kappa shape index (κ2) is 7.49. The Hall–Kier alpha value is -3.35. The smallest absolute Gasteiger partial charge is 0.296 e. The van der Waals surface area contributed by atoms with Crippen molar-refractivity contribution in [3.63, 3.8) is 0 Å². The maximum Gasteiger partial charge on any atom is 0.296 e. The van der Waals surface area contributed by atoms with E-state index in [4.69, 9.17) is 9.15 Å². The summed E-state index contributed by atoms with van der Waals surface area (Å²) in [5.74, 6) is -0.0235. The summed E-state index contributed by atoms with van der Waals surface area (Å²) < 4.78 is 11.0. The van der Waals surface area contributed by atoms with Crippen molar-refractivity contribution in [3.05, 3.63) is 63.4 Å². The Morgan fingerprint density at radius 3 is 2.67 bits per heavy atom. The van der Waals surface area contributed by atoms with Crippen LogP contribution in [0.4, 0.5) is 11.4 Å². The lowest BCUT2D eigenvalue weighted by molar-refractivity contribution is -0.384. The van der Waals surface area contributed by atoms with Gasteiger partial charge in [0.15, 0.2) is 5.76 Å². The summed E-state index contributed by atoms with van der Waals surface area (Å²) in [6, 6.07) is 10.1. The van der Waals surface area contributed by atoms with Crippen LogP contribution >= 0.6 is 0 Å². The van der Waals surface area contributed by atoms with Gasteiger partial charge in [-0.05, 0) is 50.1 Å². The molecule has 1 aromatic heterocycles. The zero-order valence-corrected chi connectivity index (χ0v) is 15.4. The van der Waals surface area contributed by atoms with Gasteiger partial charge in [0.2, 0.25) is 0 Å². The number of nitrogens with one attached hydrogen (secondary N) is 1. The summed E-state index contributed by atoms with van der Waals surface area (Å²) >= 11 is 0. The molecule has 0 aliphatic heterocycles. The van der Waals surface area contributed by atoms with Gasteiger partial charge in [-0.3, -0.25) is 14.9 Å². The van der Waals surface area contributed by atoms with Gasteiger partial charge in [0, 0.05) is 10.9 Å². The first kappa shape index (κ1) is 18.4. The molecule has 3 aromatic rings. The third-order valence-electron chi connectivity index (χ3n) is 4.34. The molecule has 3 rings (SSSR count). The number of nitro groups is 1. The number of benzene rings is 2. The number of fused-ring (bicyclic) bond motifs is 1. The highest BCUT2D eigenvalue weighted by Gasteiger charge is 2.22. The van der Waals surface area contributed by atoms with E-state index < -0.39 is 10.8 Å². The Balaban J connectivity index is 1.95. The Morgan fingerprint density at radius 2 is 2.00 bits per heavy atom. The maximum absolute atomic E-state index is 12.7. The van der Waals surface area contributed by atoms with Gasteiger partial charge >= 0.3 is 0 Å². The van der Waals surface area contributed by atoms with Crippen LogP contribution in [0.15, 0.2) is 40.8 Å². The lowest BCUT2D eigenvalue weighted by Crippen LogP contribution is -2.13. The molecule has 0 fully saturated rings. The highest BCUT2D eigenvalue weighted by molar-refractivity contribution is 6.07. The van der Waals surface area contributed by atoms with Gasteiger partial charge in [-0.1, -0.05) is 13.0 Å². The average Bonchev–Trinajstić information content (AvgIpc) is 2.99. The van der Waals surface area contributed by atoms with Gasteiger partial charge < -0.3 is 14.5 Å². The van der Waals surface area contributed by atoms with Crippen molar-refractivity contribution >= 4 is 28.3 Å². The molecule has 0 aliphatic rings. The van der Waals surface area contributed by atoms with E-state index in [9.17, 15) is 14.9 Å². The number of ether oxygens (including phenoxy) is 1. The van der Waals surface area contributed by atoms with Gasteiger partial charge in [-0.2, -0.15) is 0 Å². The van der Waals surface area contributed by atoms with E-state index in [1.807, 2.05) is 18.2 Å². The number of carbonyl (C=O) groups excluding carboxylic acids is 1. The van der Waals surface area contributed by atoms with Crippen molar-refractivity contribution in [2.75, 3.05) is 11.9 Å². The zero-order chi connectivity index (χ0) is 19.6. The van der Waals surface area contributed by atoms with E-state index in [1.165, 1.54) is 12.1 Å². The predicted octanol–water partition coefficient (Wildman–Crippen LogP) is 4.86. The fourth-order valence-electron chi connectivity index (χ4n) is 2.91. The summed E-state index contributed by atoms with van der Waals surface area (Å²) in [6.07, 6.45) is 0.875. The first-order valence-corrected chi connectivity index (χ1v) is 8.69. The van der Waals surface area contributed by atoms with E-state index in [-0.39, 0.29) is 17.1 Å². The Kier molecular flexibility index (Phi) is 5.12. The third-order valence-corrected chi connectivity index (χ3v) is 4.34. The molecule has 0 radical (unpaired) electrons. The first-order chi connectivity index (χ1) is 12.9. The summed E-state index contributed by atoms with van der Waals surface area (Å²) in [7, 11) is 0. The average molecular weight is 368 g/mol. The number of nitro benzene ring substituents is 1. The molecule has 1 N–H and O–H groups in total. The number of anilines is 1. The molecule has 0 saturated carbocycles. The number of furan rings is 1. The molecule has 27 heavy (non-hydrogen) atoms. The molecule has 0 spiro atoms. The molecule has 0 aliphatic carbocycles. The minimum absolute atomic E-state index is 0.0857. The number of carbonyl (C=O) groups is 1. The summed E-state index contributed by atoms with van der Waals surface area (Å²) in [6.45, 7) is 6.03. The lowest BCUT2D eigenvalue weighted by Gasteiger charge is -2.07. The van der Waals surface area contributed by atoms with E-state index in [0.717, 1.165) is 17.4 Å². The van der Waals surface area contributed by atoms with Crippen LogP contribution in [-0.4, -0.2) is 17.4 Å². The Morgan fingerprint density at radius 1 is 1.22 bits per heavy atom. The van der Waals surface area contributed by atoms with Gasteiger partial charge in [0.05, 0.1) is 17.6 Å². The largest absolute Gasteiger partial charge is 0.494 e. The number of hydrogen-bond acceptors (Lipinski definition) is 5. The number of hydrogen-bond donors (Lipinski definition) is 1. The van der Waals surface area contributed by atoms with Crippen molar-refractivity contribution in [2.45, 2.75) is 27.2 Å².